The average molecular weight is 365 g/mol. The summed E-state index contributed by atoms with van der Waals surface area (Å²) in [6, 6.07) is 15.4. The number of aliphatic imine (C=N–C) groups is 1. The van der Waals surface area contributed by atoms with Crippen molar-refractivity contribution in [1.29, 1.82) is 0 Å². The predicted octanol–water partition coefficient (Wildman–Crippen LogP) is 4.71. The van der Waals surface area contributed by atoms with Gasteiger partial charge in [0.05, 0.1) is 11.7 Å². The van der Waals surface area contributed by atoms with Crippen LogP contribution in [-0.4, -0.2) is 17.0 Å². The van der Waals surface area contributed by atoms with Crippen molar-refractivity contribution in [2.24, 2.45) is 4.99 Å². The van der Waals surface area contributed by atoms with E-state index in [1.54, 1.807) is 23.9 Å². The highest BCUT2D eigenvalue weighted by atomic mass is 79.9. The van der Waals surface area contributed by atoms with Gasteiger partial charge in [0.1, 0.15) is 5.82 Å². The Morgan fingerprint density at radius 3 is 2.86 bits per heavy atom. The third-order valence-corrected chi connectivity index (χ3v) is 4.72. The number of nitrogens with one attached hydrogen (secondary N) is 1. The second-order valence-electron chi connectivity index (χ2n) is 4.84. The maximum atomic E-state index is 13.7. The Balaban J connectivity index is 1.67. The number of thioether (sulfide) groups is 1. The van der Waals surface area contributed by atoms with Gasteiger partial charge in [-0.2, -0.15) is 0 Å². The molecule has 1 aliphatic heterocycles. The van der Waals surface area contributed by atoms with Crippen molar-refractivity contribution < 1.29 is 4.39 Å². The molecular weight excluding hydrogens is 351 g/mol. The molecule has 3 rings (SSSR count). The van der Waals surface area contributed by atoms with Crippen LogP contribution >= 0.6 is 27.7 Å². The first kappa shape index (κ1) is 14.6. The molecule has 21 heavy (non-hydrogen) atoms. The zero-order chi connectivity index (χ0) is 14.7. The molecule has 0 bridgehead atoms. The van der Waals surface area contributed by atoms with Crippen molar-refractivity contribution in [3.05, 3.63) is 64.4 Å². The molecule has 0 aromatic heterocycles. The molecule has 0 saturated heterocycles. The maximum absolute atomic E-state index is 13.7. The van der Waals surface area contributed by atoms with Gasteiger partial charge in [-0.25, -0.2) is 4.39 Å². The summed E-state index contributed by atoms with van der Waals surface area (Å²) in [5.41, 5.74) is 1.73. The van der Waals surface area contributed by atoms with Crippen LogP contribution in [-0.2, 0) is 6.42 Å². The van der Waals surface area contributed by atoms with E-state index in [0.717, 1.165) is 21.8 Å². The molecule has 5 heteroatoms. The number of hydrogen-bond acceptors (Lipinski definition) is 3. The fraction of sp³-hybridized carbons (Fsp3) is 0.188. The van der Waals surface area contributed by atoms with Crippen LogP contribution in [0.4, 0.5) is 10.1 Å². The van der Waals surface area contributed by atoms with Crippen LogP contribution < -0.4 is 5.32 Å². The maximum Gasteiger partial charge on any atom is 0.161 e. The van der Waals surface area contributed by atoms with E-state index in [9.17, 15) is 4.39 Å². The van der Waals surface area contributed by atoms with Crippen LogP contribution in [0.1, 0.15) is 5.56 Å². The molecule has 1 unspecified atom stereocenters. The highest BCUT2D eigenvalue weighted by Gasteiger charge is 2.19. The predicted molar refractivity (Wildman–Crippen MR) is 91.5 cm³/mol. The monoisotopic (exact) mass is 364 g/mol. The Morgan fingerprint density at radius 2 is 2.05 bits per heavy atom. The van der Waals surface area contributed by atoms with Gasteiger partial charge in [-0.3, -0.25) is 4.99 Å². The van der Waals surface area contributed by atoms with Gasteiger partial charge in [0.15, 0.2) is 5.17 Å². The molecule has 1 atom stereocenters. The first-order chi connectivity index (χ1) is 10.2. The quantitative estimate of drug-likeness (QED) is 0.852. The van der Waals surface area contributed by atoms with E-state index in [2.05, 4.69) is 38.4 Å². The number of anilines is 1. The van der Waals surface area contributed by atoms with Gasteiger partial charge < -0.3 is 5.32 Å². The summed E-state index contributed by atoms with van der Waals surface area (Å²) in [6.45, 7) is 0. The van der Waals surface area contributed by atoms with Crippen molar-refractivity contribution in [2.75, 3.05) is 11.1 Å². The Hall–Kier alpha value is -1.33. The van der Waals surface area contributed by atoms with E-state index in [-0.39, 0.29) is 11.9 Å². The normalized spacial score (nSPS) is 17.6. The van der Waals surface area contributed by atoms with Gasteiger partial charge in [0, 0.05) is 10.2 Å². The van der Waals surface area contributed by atoms with Gasteiger partial charge in [0.25, 0.3) is 0 Å². The van der Waals surface area contributed by atoms with E-state index in [4.69, 9.17) is 0 Å². The summed E-state index contributed by atoms with van der Waals surface area (Å²) >= 11 is 4.98. The molecular formula is C16H14BrFN2S. The van der Waals surface area contributed by atoms with Gasteiger partial charge in [-0.15, -0.1) is 0 Å². The summed E-state index contributed by atoms with van der Waals surface area (Å²) in [5, 5.41) is 3.86. The molecule has 0 fully saturated rings. The minimum Gasteiger partial charge on any atom is -0.333 e. The summed E-state index contributed by atoms with van der Waals surface area (Å²) in [4.78, 5) is 4.64. The Labute approximate surface area is 136 Å². The average Bonchev–Trinajstić information content (AvgIpc) is 2.91. The molecule has 0 amide bonds. The zero-order valence-electron chi connectivity index (χ0n) is 11.2. The highest BCUT2D eigenvalue weighted by Crippen LogP contribution is 2.25. The second-order valence-corrected chi connectivity index (χ2v) is 6.76. The van der Waals surface area contributed by atoms with Gasteiger partial charge in [-0.05, 0) is 30.2 Å². The van der Waals surface area contributed by atoms with E-state index < -0.39 is 0 Å². The topological polar surface area (TPSA) is 24.4 Å². The molecule has 2 nitrogen and oxygen atoms in total. The number of amidine groups is 1. The van der Waals surface area contributed by atoms with Crippen LogP contribution in [0.5, 0.6) is 0 Å². The highest BCUT2D eigenvalue weighted by molar-refractivity contribution is 9.10. The number of rotatable bonds is 3. The zero-order valence-corrected chi connectivity index (χ0v) is 13.6. The minimum absolute atomic E-state index is 0.245. The number of hydrogen-bond donors (Lipinski definition) is 1. The van der Waals surface area contributed by atoms with Crippen LogP contribution in [0, 0.1) is 5.82 Å². The molecule has 0 aliphatic carbocycles. The lowest BCUT2D eigenvalue weighted by atomic mass is 10.1. The van der Waals surface area contributed by atoms with Crippen molar-refractivity contribution >= 4 is 38.5 Å². The lowest BCUT2D eigenvalue weighted by Gasteiger charge is -2.06. The molecule has 0 spiro atoms. The summed E-state index contributed by atoms with van der Waals surface area (Å²) in [5.74, 6) is 0.653. The molecule has 2 aromatic carbocycles. The van der Waals surface area contributed by atoms with Gasteiger partial charge in [0.2, 0.25) is 0 Å². The Morgan fingerprint density at radius 1 is 1.24 bits per heavy atom. The largest absolute Gasteiger partial charge is 0.333 e. The fourth-order valence-corrected chi connectivity index (χ4v) is 3.49. The lowest BCUT2D eigenvalue weighted by molar-refractivity contribution is 0.632. The summed E-state index contributed by atoms with van der Waals surface area (Å²) in [6.07, 6.45) is 0.917. The third kappa shape index (κ3) is 3.86. The minimum atomic E-state index is -0.270. The standard InChI is InChI=1S/C16H14BrFN2S/c17-12-6-7-14(18)15(9-12)20-16-19-13(10-21-16)8-11-4-2-1-3-5-11/h1-7,9,13H,8,10H2,(H,19,20). The van der Waals surface area contributed by atoms with Crippen molar-refractivity contribution in [3.63, 3.8) is 0 Å². The van der Waals surface area contributed by atoms with Crippen molar-refractivity contribution in [3.8, 4) is 0 Å². The SMILES string of the molecule is Fc1ccc(Br)cc1NC1=NC(Cc2ccccc2)CS1. The molecule has 1 N–H and O–H groups in total. The number of halogens is 2. The van der Waals surface area contributed by atoms with Crippen molar-refractivity contribution in [2.45, 2.75) is 12.5 Å². The van der Waals surface area contributed by atoms with Gasteiger partial charge in [-0.1, -0.05) is 58.0 Å². The lowest BCUT2D eigenvalue weighted by Crippen LogP contribution is -2.09. The van der Waals surface area contributed by atoms with E-state index in [1.807, 2.05) is 18.2 Å². The van der Waals surface area contributed by atoms with E-state index in [1.165, 1.54) is 11.6 Å². The molecule has 1 heterocycles. The molecule has 0 radical (unpaired) electrons. The molecule has 2 aromatic rings. The van der Waals surface area contributed by atoms with Crippen LogP contribution in [0.2, 0.25) is 0 Å². The Bertz CT molecular complexity index is 661. The van der Waals surface area contributed by atoms with E-state index >= 15 is 0 Å². The van der Waals surface area contributed by atoms with Crippen LogP contribution in [0.25, 0.3) is 0 Å². The number of benzene rings is 2. The van der Waals surface area contributed by atoms with Crippen molar-refractivity contribution in [1.82, 2.24) is 0 Å². The summed E-state index contributed by atoms with van der Waals surface area (Å²) < 4.78 is 14.6. The first-order valence-corrected chi connectivity index (χ1v) is 8.45. The second kappa shape index (κ2) is 6.62. The van der Waals surface area contributed by atoms with Crippen LogP contribution in [0.3, 0.4) is 0 Å². The van der Waals surface area contributed by atoms with Crippen LogP contribution in [0.15, 0.2) is 58.0 Å². The Kier molecular flexibility index (Phi) is 4.60. The summed E-state index contributed by atoms with van der Waals surface area (Å²) in [7, 11) is 0. The fourth-order valence-electron chi connectivity index (χ4n) is 2.18. The number of nitrogens with zero attached hydrogens (tertiary/aromatic N) is 1. The molecule has 1 aliphatic rings. The molecule has 108 valence electrons. The molecule has 0 saturated carbocycles. The smallest absolute Gasteiger partial charge is 0.161 e. The first-order valence-electron chi connectivity index (χ1n) is 6.67. The van der Waals surface area contributed by atoms with Gasteiger partial charge >= 0.3 is 0 Å². The third-order valence-electron chi connectivity index (χ3n) is 3.20. The van der Waals surface area contributed by atoms with E-state index in [0.29, 0.717) is 5.69 Å².